The molecule has 0 spiro atoms. The van der Waals surface area contributed by atoms with Gasteiger partial charge in [-0.15, -0.1) is 0 Å². The van der Waals surface area contributed by atoms with E-state index in [1.807, 2.05) is 0 Å². The van der Waals surface area contributed by atoms with Crippen LogP contribution in [0.1, 0.15) is 6.42 Å². The van der Waals surface area contributed by atoms with Gasteiger partial charge in [-0.3, -0.25) is 9.59 Å². The standard InChI is InChI=1S/C11H14O5/c1-15-10(13)7-4-2-5-8(7)11(14)16-9(5)6(4)3-12/h4-9,12H,2-3H2,1H3. The van der Waals surface area contributed by atoms with E-state index in [1.165, 1.54) is 7.11 Å². The first-order chi connectivity index (χ1) is 7.69. The van der Waals surface area contributed by atoms with Crippen molar-refractivity contribution in [3.63, 3.8) is 0 Å². The van der Waals surface area contributed by atoms with E-state index in [9.17, 15) is 14.7 Å². The predicted molar refractivity (Wildman–Crippen MR) is 51.0 cm³/mol. The first-order valence-electron chi connectivity index (χ1n) is 5.58. The highest BCUT2D eigenvalue weighted by atomic mass is 16.6. The van der Waals surface area contributed by atoms with Crippen molar-refractivity contribution in [2.45, 2.75) is 12.5 Å². The van der Waals surface area contributed by atoms with Gasteiger partial charge in [0, 0.05) is 18.4 Å². The van der Waals surface area contributed by atoms with E-state index in [1.54, 1.807) is 0 Å². The maximum absolute atomic E-state index is 11.7. The Balaban J connectivity index is 1.97. The molecule has 6 unspecified atom stereocenters. The number of hydrogen-bond acceptors (Lipinski definition) is 5. The van der Waals surface area contributed by atoms with Gasteiger partial charge in [0.1, 0.15) is 6.10 Å². The summed E-state index contributed by atoms with van der Waals surface area (Å²) in [6.45, 7) is -0.0284. The van der Waals surface area contributed by atoms with Gasteiger partial charge in [-0.05, 0) is 12.3 Å². The molecule has 3 fully saturated rings. The van der Waals surface area contributed by atoms with Gasteiger partial charge < -0.3 is 14.6 Å². The maximum Gasteiger partial charge on any atom is 0.310 e. The molecule has 0 amide bonds. The van der Waals surface area contributed by atoms with E-state index in [2.05, 4.69) is 0 Å². The lowest BCUT2D eigenvalue weighted by Gasteiger charge is -2.28. The molecule has 1 aliphatic heterocycles. The van der Waals surface area contributed by atoms with Crippen LogP contribution < -0.4 is 0 Å². The molecule has 16 heavy (non-hydrogen) atoms. The fourth-order valence-electron chi connectivity index (χ4n) is 3.89. The third-order valence-electron chi connectivity index (χ3n) is 4.46. The smallest absolute Gasteiger partial charge is 0.310 e. The van der Waals surface area contributed by atoms with Crippen LogP contribution >= 0.6 is 0 Å². The Kier molecular flexibility index (Phi) is 2.01. The third kappa shape index (κ3) is 0.993. The second-order valence-electron chi connectivity index (χ2n) is 4.89. The van der Waals surface area contributed by atoms with Crippen molar-refractivity contribution in [2.24, 2.45) is 29.6 Å². The van der Waals surface area contributed by atoms with Crippen LogP contribution in [0.5, 0.6) is 0 Å². The van der Waals surface area contributed by atoms with Gasteiger partial charge in [0.25, 0.3) is 0 Å². The highest BCUT2D eigenvalue weighted by molar-refractivity contribution is 5.85. The normalized spacial score (nSPS) is 48.2. The fraction of sp³-hybridized carbons (Fsp3) is 0.818. The molecule has 2 bridgehead atoms. The molecular weight excluding hydrogens is 212 g/mol. The molecule has 3 aliphatic rings. The van der Waals surface area contributed by atoms with Crippen molar-refractivity contribution in [2.75, 3.05) is 13.7 Å². The third-order valence-corrected chi connectivity index (χ3v) is 4.46. The van der Waals surface area contributed by atoms with Gasteiger partial charge in [-0.25, -0.2) is 0 Å². The van der Waals surface area contributed by atoms with Gasteiger partial charge in [0.15, 0.2) is 0 Å². The lowest BCUT2D eigenvalue weighted by atomic mass is 9.74. The quantitative estimate of drug-likeness (QED) is 0.647. The largest absolute Gasteiger partial charge is 0.469 e. The van der Waals surface area contributed by atoms with Crippen molar-refractivity contribution in [3.8, 4) is 0 Å². The zero-order valence-electron chi connectivity index (χ0n) is 8.96. The topological polar surface area (TPSA) is 72.8 Å². The predicted octanol–water partition coefficient (Wildman–Crippen LogP) is -0.425. The van der Waals surface area contributed by atoms with Crippen LogP contribution in [0.3, 0.4) is 0 Å². The number of esters is 2. The summed E-state index contributed by atoms with van der Waals surface area (Å²) in [6, 6.07) is 0. The molecular formula is C11H14O5. The van der Waals surface area contributed by atoms with Gasteiger partial charge in [0.05, 0.1) is 18.9 Å². The summed E-state index contributed by atoms with van der Waals surface area (Å²) in [7, 11) is 1.33. The minimum absolute atomic E-state index is 0.0284. The highest BCUT2D eigenvalue weighted by Crippen LogP contribution is 2.60. The number of ether oxygens (including phenoxy) is 2. The van der Waals surface area contributed by atoms with Gasteiger partial charge in [-0.2, -0.15) is 0 Å². The molecule has 1 N–H and O–H groups in total. The lowest BCUT2D eigenvalue weighted by molar-refractivity contribution is -0.153. The number of rotatable bonds is 2. The average molecular weight is 226 g/mol. The Labute approximate surface area is 92.7 Å². The van der Waals surface area contributed by atoms with E-state index in [0.29, 0.717) is 0 Å². The molecule has 0 radical (unpaired) electrons. The van der Waals surface area contributed by atoms with Crippen LogP contribution in [0, 0.1) is 29.6 Å². The monoisotopic (exact) mass is 226 g/mol. The van der Waals surface area contributed by atoms with E-state index < -0.39 is 5.92 Å². The summed E-state index contributed by atoms with van der Waals surface area (Å²) in [5.41, 5.74) is 0. The number of carbonyl (C=O) groups excluding carboxylic acids is 2. The van der Waals surface area contributed by atoms with Crippen molar-refractivity contribution in [1.29, 1.82) is 0 Å². The van der Waals surface area contributed by atoms with Gasteiger partial charge in [-0.1, -0.05) is 0 Å². The van der Waals surface area contributed by atoms with Crippen LogP contribution in [0.15, 0.2) is 0 Å². The summed E-state index contributed by atoms with van der Waals surface area (Å²) in [5.74, 6) is -1.29. The van der Waals surface area contributed by atoms with Crippen molar-refractivity contribution >= 4 is 11.9 Å². The molecule has 0 aromatic heterocycles. The van der Waals surface area contributed by atoms with Gasteiger partial charge in [0.2, 0.25) is 0 Å². The summed E-state index contributed by atoms with van der Waals surface area (Å²) in [6.07, 6.45) is 0.625. The molecule has 2 aliphatic carbocycles. The van der Waals surface area contributed by atoms with E-state index in [4.69, 9.17) is 9.47 Å². The molecule has 1 saturated heterocycles. The number of aliphatic hydroxyl groups excluding tert-OH is 1. The number of fused-ring (bicyclic) bond motifs is 1. The van der Waals surface area contributed by atoms with Crippen molar-refractivity contribution in [3.05, 3.63) is 0 Å². The minimum atomic E-state index is -0.404. The molecule has 0 aromatic carbocycles. The SMILES string of the molecule is COC(=O)C1C2CC3C(OC(=O)C31)C2CO. The Morgan fingerprint density at radius 1 is 1.56 bits per heavy atom. The summed E-state index contributed by atoms with van der Waals surface area (Å²) >= 11 is 0. The van der Waals surface area contributed by atoms with E-state index in [0.717, 1.165) is 6.42 Å². The van der Waals surface area contributed by atoms with Crippen LogP contribution in [0.2, 0.25) is 0 Å². The second-order valence-corrected chi connectivity index (χ2v) is 4.89. The molecule has 2 saturated carbocycles. The maximum atomic E-state index is 11.7. The Hall–Kier alpha value is -1.10. The molecule has 5 nitrogen and oxygen atoms in total. The first kappa shape index (κ1) is 10.1. The highest BCUT2D eigenvalue weighted by Gasteiger charge is 2.68. The van der Waals surface area contributed by atoms with Crippen LogP contribution in [-0.4, -0.2) is 36.9 Å². The fourth-order valence-corrected chi connectivity index (χ4v) is 3.89. The van der Waals surface area contributed by atoms with Crippen molar-refractivity contribution in [1.82, 2.24) is 0 Å². The molecule has 6 atom stereocenters. The summed E-state index contributed by atoms with van der Waals surface area (Å²) in [4.78, 5) is 23.4. The zero-order valence-corrected chi connectivity index (χ0v) is 8.96. The second kappa shape index (κ2) is 3.20. The molecule has 1 heterocycles. The number of methoxy groups -OCH3 is 1. The molecule has 5 heteroatoms. The lowest BCUT2D eigenvalue weighted by Crippen LogP contribution is -2.39. The minimum Gasteiger partial charge on any atom is -0.469 e. The van der Waals surface area contributed by atoms with E-state index >= 15 is 0 Å². The number of aliphatic hydroxyl groups is 1. The summed E-state index contributed by atoms with van der Waals surface area (Å²) < 4.78 is 10.0. The van der Waals surface area contributed by atoms with Crippen LogP contribution in [0.25, 0.3) is 0 Å². The van der Waals surface area contributed by atoms with Crippen molar-refractivity contribution < 1.29 is 24.2 Å². The van der Waals surface area contributed by atoms with Gasteiger partial charge >= 0.3 is 11.9 Å². The number of carbonyl (C=O) groups is 2. The first-order valence-corrected chi connectivity index (χ1v) is 5.58. The molecule has 88 valence electrons. The Morgan fingerprint density at radius 2 is 2.31 bits per heavy atom. The average Bonchev–Trinajstić information content (AvgIpc) is 2.87. The summed E-state index contributed by atoms with van der Waals surface area (Å²) in [5, 5.41) is 9.32. The molecule has 3 rings (SSSR count). The Bertz CT molecular complexity index is 352. The van der Waals surface area contributed by atoms with E-state index in [-0.39, 0.29) is 48.3 Å². The van der Waals surface area contributed by atoms with Crippen LogP contribution in [-0.2, 0) is 19.1 Å². The number of hydrogen-bond donors (Lipinski definition) is 1. The molecule has 0 aromatic rings. The Morgan fingerprint density at radius 3 is 2.94 bits per heavy atom. The van der Waals surface area contributed by atoms with Crippen LogP contribution in [0.4, 0.5) is 0 Å². The zero-order chi connectivity index (χ0) is 11.4.